The molecule has 0 radical (unpaired) electrons. The topological polar surface area (TPSA) is 84.3 Å². The Balaban J connectivity index is 1.67. The van der Waals surface area contributed by atoms with Crippen LogP contribution in [0.4, 0.5) is 11.5 Å². The number of aromatic nitrogens is 3. The van der Waals surface area contributed by atoms with Crippen molar-refractivity contribution in [3.05, 3.63) is 46.9 Å². The van der Waals surface area contributed by atoms with E-state index < -0.39 is 0 Å². The summed E-state index contributed by atoms with van der Waals surface area (Å²) in [5.74, 6) is 1.13. The van der Waals surface area contributed by atoms with Crippen molar-refractivity contribution in [2.75, 3.05) is 18.2 Å². The highest BCUT2D eigenvalue weighted by Gasteiger charge is 2.13. The van der Waals surface area contributed by atoms with Crippen molar-refractivity contribution in [2.45, 2.75) is 19.0 Å². The molecule has 2 N–H and O–H groups in total. The fourth-order valence-electron chi connectivity index (χ4n) is 2.48. The fourth-order valence-corrected chi connectivity index (χ4v) is 3.16. The maximum absolute atomic E-state index is 12.2. The smallest absolute Gasteiger partial charge is 0.274 e. The Hall–Kier alpha value is -3.05. The fraction of sp³-hybridized carbons (Fsp3) is 0.222. The van der Waals surface area contributed by atoms with Gasteiger partial charge in [0.2, 0.25) is 5.91 Å². The molecule has 2 heterocycles. The Morgan fingerprint density at radius 2 is 2.23 bits per heavy atom. The molecule has 0 saturated carbocycles. The molecule has 3 rings (SSSR count). The zero-order valence-corrected chi connectivity index (χ0v) is 15.4. The molecule has 0 atom stereocenters. The van der Waals surface area contributed by atoms with Crippen LogP contribution >= 0.6 is 11.8 Å². The van der Waals surface area contributed by atoms with Gasteiger partial charge in [0.1, 0.15) is 17.5 Å². The number of rotatable bonds is 5. The number of nitrogens with zero attached hydrogens (tertiary/aromatic N) is 3. The molecule has 2 aromatic heterocycles. The number of amides is 1. The molecular formula is C18H17N5O2S. The van der Waals surface area contributed by atoms with Crippen LogP contribution in [0.1, 0.15) is 11.1 Å². The van der Waals surface area contributed by atoms with Gasteiger partial charge in [0.05, 0.1) is 18.4 Å². The minimum atomic E-state index is -0.141. The Kier molecular flexibility index (Phi) is 5.09. The first-order valence-electron chi connectivity index (χ1n) is 7.82. The molecule has 8 heteroatoms. The number of pyridine rings is 1. The Bertz CT molecular complexity index is 1020. The number of aromatic amines is 1. The molecular weight excluding hydrogens is 350 g/mol. The van der Waals surface area contributed by atoms with Crippen molar-refractivity contribution in [1.82, 2.24) is 15.0 Å². The van der Waals surface area contributed by atoms with Crippen LogP contribution in [0, 0.1) is 20.4 Å². The third-order valence-electron chi connectivity index (χ3n) is 3.85. The number of H-pyrrole nitrogens is 1. The predicted octanol–water partition coefficient (Wildman–Crippen LogP) is 3.86. The monoisotopic (exact) mass is 367 g/mol. The van der Waals surface area contributed by atoms with Crippen LogP contribution in [-0.2, 0) is 4.79 Å². The number of hydrogen-bond acceptors (Lipinski definition) is 5. The number of benzene rings is 1. The van der Waals surface area contributed by atoms with Crippen LogP contribution in [0.25, 0.3) is 15.9 Å². The number of imidazole rings is 1. The number of methoxy groups -OCH3 is 1. The number of ether oxygens (including phenoxy) is 1. The van der Waals surface area contributed by atoms with Crippen molar-refractivity contribution in [2.24, 2.45) is 0 Å². The second-order valence-electron chi connectivity index (χ2n) is 5.64. The van der Waals surface area contributed by atoms with Gasteiger partial charge in [-0.15, -0.1) is 4.98 Å². The van der Waals surface area contributed by atoms with Gasteiger partial charge in [-0.1, -0.05) is 24.4 Å². The van der Waals surface area contributed by atoms with Gasteiger partial charge in [-0.2, -0.15) is 0 Å². The molecule has 0 saturated heterocycles. The third-order valence-corrected chi connectivity index (χ3v) is 4.73. The van der Waals surface area contributed by atoms with E-state index in [4.69, 9.17) is 11.3 Å². The van der Waals surface area contributed by atoms with Crippen LogP contribution in [-0.4, -0.2) is 33.7 Å². The largest absolute Gasteiger partial charge is 0.496 e. The minimum absolute atomic E-state index is 0.141. The van der Waals surface area contributed by atoms with Gasteiger partial charge < -0.3 is 19.9 Å². The molecule has 0 aliphatic carbocycles. The summed E-state index contributed by atoms with van der Waals surface area (Å²) >= 11 is 1.29. The predicted molar refractivity (Wildman–Crippen MR) is 102 cm³/mol. The van der Waals surface area contributed by atoms with Crippen LogP contribution < -0.4 is 10.1 Å². The standard InChI is InChI=1S/C18H17N5O2S/c1-10-5-6-12(7-14(10)25-4)21-15(24)9-26-18-22-13-8-20-17(19-3)11(2)16(13)23-18/h5-8H,9H2,1-2,4H3,(H,21,24)(H,22,23). The van der Waals surface area contributed by atoms with Crippen LogP contribution in [0.3, 0.4) is 0 Å². The second kappa shape index (κ2) is 7.45. The van der Waals surface area contributed by atoms with Gasteiger partial charge in [-0.3, -0.25) is 4.79 Å². The van der Waals surface area contributed by atoms with Gasteiger partial charge in [0.15, 0.2) is 5.16 Å². The lowest BCUT2D eigenvalue weighted by molar-refractivity contribution is -0.113. The van der Waals surface area contributed by atoms with E-state index in [9.17, 15) is 4.79 Å². The third kappa shape index (κ3) is 3.63. The lowest BCUT2D eigenvalue weighted by Gasteiger charge is -2.08. The molecule has 7 nitrogen and oxygen atoms in total. The number of aryl methyl sites for hydroxylation is 2. The van der Waals surface area contributed by atoms with E-state index in [0.29, 0.717) is 22.2 Å². The molecule has 0 fully saturated rings. The van der Waals surface area contributed by atoms with Gasteiger partial charge in [-0.25, -0.2) is 4.98 Å². The maximum atomic E-state index is 12.2. The summed E-state index contributed by atoms with van der Waals surface area (Å²) < 4.78 is 5.26. The number of carbonyl (C=O) groups excluding carboxylic acids is 1. The highest BCUT2D eigenvalue weighted by molar-refractivity contribution is 7.99. The molecule has 0 spiro atoms. The number of hydrogen-bond donors (Lipinski definition) is 2. The number of nitrogens with one attached hydrogen (secondary N) is 2. The molecule has 26 heavy (non-hydrogen) atoms. The van der Waals surface area contributed by atoms with E-state index in [0.717, 1.165) is 22.4 Å². The lowest BCUT2D eigenvalue weighted by atomic mass is 10.2. The van der Waals surface area contributed by atoms with Crippen LogP contribution in [0.2, 0.25) is 0 Å². The van der Waals surface area contributed by atoms with E-state index in [-0.39, 0.29) is 11.7 Å². The molecule has 3 aromatic rings. The number of thioether (sulfide) groups is 1. The summed E-state index contributed by atoms with van der Waals surface area (Å²) in [6.45, 7) is 10.9. The van der Waals surface area contributed by atoms with Gasteiger partial charge in [0, 0.05) is 17.3 Å². The number of carbonyl (C=O) groups is 1. The van der Waals surface area contributed by atoms with E-state index in [1.54, 1.807) is 19.4 Å². The molecule has 0 unspecified atom stereocenters. The first-order chi connectivity index (χ1) is 12.5. The van der Waals surface area contributed by atoms with Crippen molar-refractivity contribution in [3.63, 3.8) is 0 Å². The van der Waals surface area contributed by atoms with Crippen molar-refractivity contribution in [1.29, 1.82) is 0 Å². The normalized spacial score (nSPS) is 10.5. The molecule has 132 valence electrons. The average Bonchev–Trinajstić information content (AvgIpc) is 3.06. The Morgan fingerprint density at radius 3 is 2.96 bits per heavy atom. The van der Waals surface area contributed by atoms with Crippen molar-refractivity contribution in [3.8, 4) is 5.75 Å². The molecule has 0 aliphatic heterocycles. The maximum Gasteiger partial charge on any atom is 0.274 e. The Labute approximate surface area is 155 Å². The lowest BCUT2D eigenvalue weighted by Crippen LogP contribution is -2.14. The zero-order valence-electron chi connectivity index (χ0n) is 14.6. The summed E-state index contributed by atoms with van der Waals surface area (Å²) in [7, 11) is 1.60. The molecule has 0 bridgehead atoms. The van der Waals surface area contributed by atoms with Crippen molar-refractivity contribution >= 4 is 40.2 Å². The Morgan fingerprint density at radius 1 is 1.42 bits per heavy atom. The number of anilines is 1. The number of fused-ring (bicyclic) bond motifs is 1. The van der Waals surface area contributed by atoms with E-state index >= 15 is 0 Å². The summed E-state index contributed by atoms with van der Waals surface area (Å²) in [5.41, 5.74) is 3.88. The summed E-state index contributed by atoms with van der Waals surface area (Å²) in [6.07, 6.45) is 1.59. The van der Waals surface area contributed by atoms with E-state index in [1.807, 2.05) is 26.0 Å². The highest BCUT2D eigenvalue weighted by Crippen LogP contribution is 2.27. The zero-order chi connectivity index (χ0) is 18.7. The highest BCUT2D eigenvalue weighted by atomic mass is 32.2. The second-order valence-corrected chi connectivity index (χ2v) is 6.61. The summed E-state index contributed by atoms with van der Waals surface area (Å²) in [5, 5.41) is 3.46. The van der Waals surface area contributed by atoms with Crippen molar-refractivity contribution < 1.29 is 9.53 Å². The quantitative estimate of drug-likeness (QED) is 0.528. The first-order valence-corrected chi connectivity index (χ1v) is 8.80. The van der Waals surface area contributed by atoms with Crippen LogP contribution in [0.15, 0.2) is 29.6 Å². The molecule has 1 amide bonds. The van der Waals surface area contributed by atoms with Gasteiger partial charge >= 0.3 is 0 Å². The van der Waals surface area contributed by atoms with Gasteiger partial charge in [-0.05, 0) is 25.5 Å². The van der Waals surface area contributed by atoms with E-state index in [1.165, 1.54) is 11.8 Å². The summed E-state index contributed by atoms with van der Waals surface area (Å²) in [6, 6.07) is 5.52. The average molecular weight is 367 g/mol. The molecule has 1 aromatic carbocycles. The van der Waals surface area contributed by atoms with E-state index in [2.05, 4.69) is 25.1 Å². The van der Waals surface area contributed by atoms with Crippen LogP contribution in [0.5, 0.6) is 5.75 Å². The molecule has 0 aliphatic rings. The first kappa shape index (κ1) is 17.8. The van der Waals surface area contributed by atoms with Gasteiger partial charge in [0.25, 0.3) is 5.82 Å². The summed E-state index contributed by atoms with van der Waals surface area (Å²) in [4.78, 5) is 27.2. The SMILES string of the molecule is [C-]#[N+]c1ncc2[nH]c(SCC(=O)Nc3ccc(C)c(OC)c3)nc2c1C. The minimum Gasteiger partial charge on any atom is -0.496 e.